The molecule has 1 aliphatic heterocycles. The number of aromatic amines is 1. The van der Waals surface area contributed by atoms with E-state index in [1.807, 2.05) is 25.1 Å². The highest BCUT2D eigenvalue weighted by molar-refractivity contribution is 7.91. The van der Waals surface area contributed by atoms with E-state index in [1.165, 1.54) is 12.4 Å². The third kappa shape index (κ3) is 4.45. The molecule has 10 heteroatoms. The van der Waals surface area contributed by atoms with E-state index in [1.54, 1.807) is 18.2 Å². The molecule has 2 heterocycles. The number of hydrogen-bond acceptors (Lipinski definition) is 6. The second kappa shape index (κ2) is 7.39. The summed E-state index contributed by atoms with van der Waals surface area (Å²) in [6.07, 6.45) is 2.76. The third-order valence-electron chi connectivity index (χ3n) is 4.37. The molecule has 1 saturated heterocycles. The van der Waals surface area contributed by atoms with Crippen LogP contribution in [-0.2, 0) is 9.84 Å². The number of H-pyrrole nitrogens is 1. The Kier molecular flexibility index (Phi) is 5.17. The van der Waals surface area contributed by atoms with E-state index in [-0.39, 0.29) is 17.4 Å². The molecule has 1 aromatic carbocycles. The minimum atomic E-state index is -3.37. The van der Waals surface area contributed by atoms with Crippen molar-refractivity contribution in [2.45, 2.75) is 12.1 Å². The van der Waals surface area contributed by atoms with Gasteiger partial charge >= 0.3 is 0 Å². The smallest absolute Gasteiger partial charge is 0.254 e. The van der Waals surface area contributed by atoms with Crippen LogP contribution in [0.25, 0.3) is 0 Å². The molecule has 0 unspecified atom stereocenters. The average molecular weight is 391 g/mol. The maximum Gasteiger partial charge on any atom is 0.254 e. The second-order valence-corrected chi connectivity index (χ2v) is 8.82. The third-order valence-corrected chi connectivity index (χ3v) is 6.10. The van der Waals surface area contributed by atoms with E-state index in [0.717, 1.165) is 5.69 Å². The fourth-order valence-electron chi connectivity index (χ4n) is 2.94. The van der Waals surface area contributed by atoms with Crippen molar-refractivity contribution >= 4 is 27.3 Å². The van der Waals surface area contributed by atoms with Crippen LogP contribution in [0, 0.1) is 0 Å². The number of carbonyl (C=O) groups excluding carboxylic acids is 2. The Hall–Kier alpha value is -2.88. The summed E-state index contributed by atoms with van der Waals surface area (Å²) in [5.41, 5.74) is 1.57. The molecule has 1 fully saturated rings. The summed E-state index contributed by atoms with van der Waals surface area (Å²) in [7, 11) is 0.357. The normalized spacial score (nSPS) is 20.8. The number of aromatic nitrogens is 2. The number of nitrogens with one attached hydrogen (secondary N) is 3. The molecular formula is C17H21N5O4S. The topological polar surface area (TPSA) is 124 Å². The lowest BCUT2D eigenvalue weighted by Crippen LogP contribution is -2.50. The molecule has 2 amide bonds. The standard InChI is InChI=1S/C17H21N5O4S/c1-22(2)13-5-3-4-11(6-13)16(23)20-14-9-27(25,26)10-15(14)21-17(24)12-7-18-19-8-12/h3-8,14-15H,9-10H2,1-2H3,(H,18,19)(H,20,23)(H,21,24)/t14-,15+/m0/s1. The lowest BCUT2D eigenvalue weighted by Gasteiger charge is -2.21. The first-order chi connectivity index (χ1) is 12.7. The quantitative estimate of drug-likeness (QED) is 0.648. The van der Waals surface area contributed by atoms with E-state index >= 15 is 0 Å². The SMILES string of the molecule is CN(C)c1cccc(C(=O)N[C@H]2CS(=O)(=O)C[C@H]2NC(=O)c2cn[nH]c2)c1. The zero-order valence-electron chi connectivity index (χ0n) is 15.0. The molecule has 1 aliphatic rings. The van der Waals surface area contributed by atoms with Crippen LogP contribution in [-0.4, -0.2) is 68.1 Å². The Morgan fingerprint density at radius 3 is 2.30 bits per heavy atom. The van der Waals surface area contributed by atoms with Crippen LogP contribution in [0.5, 0.6) is 0 Å². The van der Waals surface area contributed by atoms with Crippen LogP contribution < -0.4 is 15.5 Å². The highest BCUT2D eigenvalue weighted by Gasteiger charge is 2.39. The highest BCUT2D eigenvalue weighted by Crippen LogP contribution is 2.17. The first kappa shape index (κ1) is 18.9. The van der Waals surface area contributed by atoms with Crippen LogP contribution in [0.1, 0.15) is 20.7 Å². The number of amides is 2. The summed E-state index contributed by atoms with van der Waals surface area (Å²) in [5, 5.41) is 11.6. The van der Waals surface area contributed by atoms with E-state index in [2.05, 4.69) is 20.8 Å². The van der Waals surface area contributed by atoms with Crippen molar-refractivity contribution < 1.29 is 18.0 Å². The van der Waals surface area contributed by atoms with Crippen molar-refractivity contribution in [2.75, 3.05) is 30.5 Å². The predicted octanol–water partition coefficient (Wildman–Crippen LogP) is -0.199. The molecule has 3 N–H and O–H groups in total. The van der Waals surface area contributed by atoms with Crippen molar-refractivity contribution in [3.63, 3.8) is 0 Å². The molecule has 27 heavy (non-hydrogen) atoms. The van der Waals surface area contributed by atoms with Gasteiger partial charge in [0.05, 0.1) is 35.3 Å². The molecule has 144 valence electrons. The van der Waals surface area contributed by atoms with Gasteiger partial charge in [-0.25, -0.2) is 8.42 Å². The van der Waals surface area contributed by atoms with Crippen LogP contribution in [0.3, 0.4) is 0 Å². The molecular weight excluding hydrogens is 370 g/mol. The Balaban J connectivity index is 1.74. The Morgan fingerprint density at radius 1 is 1.11 bits per heavy atom. The Bertz CT molecular complexity index is 940. The molecule has 0 aliphatic carbocycles. The van der Waals surface area contributed by atoms with Crippen LogP contribution >= 0.6 is 0 Å². The number of benzene rings is 1. The Labute approximate surface area is 157 Å². The average Bonchev–Trinajstić information content (AvgIpc) is 3.23. The second-order valence-electron chi connectivity index (χ2n) is 6.67. The number of carbonyl (C=O) groups is 2. The summed E-state index contributed by atoms with van der Waals surface area (Å²) in [6.45, 7) is 0. The van der Waals surface area contributed by atoms with Gasteiger partial charge in [0.1, 0.15) is 0 Å². The van der Waals surface area contributed by atoms with E-state index in [0.29, 0.717) is 11.1 Å². The fourth-order valence-corrected chi connectivity index (χ4v) is 4.80. The molecule has 0 radical (unpaired) electrons. The molecule has 9 nitrogen and oxygen atoms in total. The minimum Gasteiger partial charge on any atom is -0.378 e. The minimum absolute atomic E-state index is 0.220. The largest absolute Gasteiger partial charge is 0.378 e. The maximum atomic E-state index is 12.6. The van der Waals surface area contributed by atoms with Gasteiger partial charge in [0.2, 0.25) is 0 Å². The molecule has 2 aromatic rings. The lowest BCUT2D eigenvalue weighted by atomic mass is 10.1. The highest BCUT2D eigenvalue weighted by atomic mass is 32.2. The van der Waals surface area contributed by atoms with E-state index in [9.17, 15) is 18.0 Å². The zero-order chi connectivity index (χ0) is 19.6. The van der Waals surface area contributed by atoms with Crippen molar-refractivity contribution in [3.05, 3.63) is 47.8 Å². The Morgan fingerprint density at radius 2 is 1.74 bits per heavy atom. The summed E-state index contributed by atoms with van der Waals surface area (Å²) in [4.78, 5) is 26.7. The number of sulfone groups is 1. The van der Waals surface area contributed by atoms with Crippen LogP contribution in [0.2, 0.25) is 0 Å². The first-order valence-corrected chi connectivity index (χ1v) is 10.2. The van der Waals surface area contributed by atoms with Gasteiger partial charge in [-0.2, -0.15) is 5.10 Å². The van der Waals surface area contributed by atoms with Gasteiger partial charge in [0.15, 0.2) is 9.84 Å². The van der Waals surface area contributed by atoms with Crippen LogP contribution in [0.4, 0.5) is 5.69 Å². The maximum absolute atomic E-state index is 12.6. The van der Waals surface area contributed by atoms with Crippen molar-refractivity contribution in [3.8, 4) is 0 Å². The molecule has 0 saturated carbocycles. The fraction of sp³-hybridized carbons (Fsp3) is 0.353. The zero-order valence-corrected chi connectivity index (χ0v) is 15.8. The van der Waals surface area contributed by atoms with Crippen molar-refractivity contribution in [1.82, 2.24) is 20.8 Å². The first-order valence-electron chi connectivity index (χ1n) is 8.33. The van der Waals surface area contributed by atoms with Gasteiger partial charge in [-0.15, -0.1) is 0 Å². The summed E-state index contributed by atoms with van der Waals surface area (Å²) in [5.74, 6) is -1.27. The van der Waals surface area contributed by atoms with Crippen molar-refractivity contribution in [2.24, 2.45) is 0 Å². The van der Waals surface area contributed by atoms with E-state index in [4.69, 9.17) is 0 Å². The van der Waals surface area contributed by atoms with Gasteiger partial charge in [0.25, 0.3) is 11.8 Å². The van der Waals surface area contributed by atoms with Gasteiger partial charge in [-0.05, 0) is 18.2 Å². The summed E-state index contributed by atoms with van der Waals surface area (Å²) < 4.78 is 24.1. The van der Waals surface area contributed by atoms with E-state index < -0.39 is 27.8 Å². The monoisotopic (exact) mass is 391 g/mol. The van der Waals surface area contributed by atoms with Gasteiger partial charge < -0.3 is 15.5 Å². The molecule has 0 bridgehead atoms. The summed E-state index contributed by atoms with van der Waals surface area (Å²) >= 11 is 0. The number of hydrogen-bond donors (Lipinski definition) is 3. The van der Waals surface area contributed by atoms with Crippen LogP contribution in [0.15, 0.2) is 36.7 Å². The molecule has 0 spiro atoms. The molecule has 1 aromatic heterocycles. The van der Waals surface area contributed by atoms with Crippen molar-refractivity contribution in [1.29, 1.82) is 0 Å². The van der Waals surface area contributed by atoms with Gasteiger partial charge in [-0.3, -0.25) is 14.7 Å². The molecule has 3 rings (SSSR count). The number of nitrogens with zero attached hydrogens (tertiary/aromatic N) is 2. The van der Waals surface area contributed by atoms with Gasteiger partial charge in [-0.1, -0.05) is 6.07 Å². The lowest BCUT2D eigenvalue weighted by molar-refractivity contribution is 0.0897. The molecule has 2 atom stereocenters. The number of anilines is 1. The van der Waals surface area contributed by atoms with Gasteiger partial charge in [0, 0.05) is 31.5 Å². The summed E-state index contributed by atoms with van der Waals surface area (Å²) in [6, 6.07) is 5.58. The predicted molar refractivity (Wildman–Crippen MR) is 101 cm³/mol. The number of rotatable bonds is 5.